The van der Waals surface area contributed by atoms with Crippen LogP contribution in [0.25, 0.3) is 0 Å². The Balaban J connectivity index is 1.46. The second-order valence-electron chi connectivity index (χ2n) is 8.96. The number of nitrogens with two attached hydrogens (primary N) is 1. The van der Waals surface area contributed by atoms with E-state index in [1.165, 1.54) is 44.1 Å². The number of morpholine rings is 1. The van der Waals surface area contributed by atoms with Crippen molar-refractivity contribution in [3.63, 3.8) is 0 Å². The number of benzene rings is 1. The Morgan fingerprint density at radius 2 is 1.68 bits per heavy atom. The summed E-state index contributed by atoms with van der Waals surface area (Å²) in [5.74, 6) is 1.06. The second kappa shape index (κ2) is 8.83. The summed E-state index contributed by atoms with van der Waals surface area (Å²) in [4.78, 5) is 17.0. The standard InChI is InChI=1S/C23H35N3O2/c1-17-8-10-26(11-9-17)22-16-19(4-7-21(22)23(24)27)18-2-5-20(6-3-18)25-12-14-28-15-13-25/h4,7,16-18,20H,2-3,5-6,8-15H2,1H3,(H2,24,27). The van der Waals surface area contributed by atoms with E-state index in [2.05, 4.69) is 28.9 Å². The van der Waals surface area contributed by atoms with Crippen LogP contribution in [0, 0.1) is 5.92 Å². The zero-order valence-corrected chi connectivity index (χ0v) is 17.2. The number of carbonyl (C=O) groups is 1. The molecule has 5 nitrogen and oxygen atoms in total. The summed E-state index contributed by atoms with van der Waals surface area (Å²) in [6, 6.07) is 7.11. The minimum atomic E-state index is -0.309. The van der Waals surface area contributed by atoms with Crippen LogP contribution in [0.15, 0.2) is 18.2 Å². The maximum absolute atomic E-state index is 12.0. The highest BCUT2D eigenvalue weighted by molar-refractivity contribution is 5.98. The molecule has 1 aliphatic carbocycles. The average molecular weight is 386 g/mol. The summed E-state index contributed by atoms with van der Waals surface area (Å²) in [5, 5.41) is 0. The number of anilines is 1. The van der Waals surface area contributed by atoms with Gasteiger partial charge in [0.15, 0.2) is 0 Å². The van der Waals surface area contributed by atoms with Crippen LogP contribution < -0.4 is 10.6 Å². The molecule has 0 aromatic heterocycles. The van der Waals surface area contributed by atoms with Gasteiger partial charge < -0.3 is 15.4 Å². The van der Waals surface area contributed by atoms with Gasteiger partial charge in [-0.1, -0.05) is 13.0 Å². The Hall–Kier alpha value is -1.59. The second-order valence-corrected chi connectivity index (χ2v) is 8.96. The Kier molecular flexibility index (Phi) is 6.22. The molecular formula is C23H35N3O2. The van der Waals surface area contributed by atoms with Crippen LogP contribution in [0.2, 0.25) is 0 Å². The molecule has 0 radical (unpaired) electrons. The van der Waals surface area contributed by atoms with Crippen LogP contribution in [0.5, 0.6) is 0 Å². The van der Waals surface area contributed by atoms with E-state index < -0.39 is 0 Å². The van der Waals surface area contributed by atoms with Gasteiger partial charge in [0.25, 0.3) is 5.91 Å². The van der Waals surface area contributed by atoms with Gasteiger partial charge in [-0.25, -0.2) is 0 Å². The van der Waals surface area contributed by atoms with Crippen molar-refractivity contribution >= 4 is 11.6 Å². The summed E-state index contributed by atoms with van der Waals surface area (Å²) in [5.41, 5.74) is 8.83. The van der Waals surface area contributed by atoms with Crippen molar-refractivity contribution in [3.8, 4) is 0 Å². The fourth-order valence-corrected chi connectivity index (χ4v) is 5.24. The molecule has 0 spiro atoms. The maximum atomic E-state index is 12.0. The number of nitrogens with zero attached hydrogens (tertiary/aromatic N) is 2. The molecule has 4 rings (SSSR count). The molecule has 1 aromatic rings. The van der Waals surface area contributed by atoms with Crippen molar-refractivity contribution in [3.05, 3.63) is 29.3 Å². The van der Waals surface area contributed by atoms with E-state index in [0.29, 0.717) is 17.5 Å². The lowest BCUT2D eigenvalue weighted by Crippen LogP contribution is -2.44. The Morgan fingerprint density at radius 3 is 2.32 bits per heavy atom. The van der Waals surface area contributed by atoms with Crippen LogP contribution in [0.3, 0.4) is 0 Å². The molecule has 1 amide bonds. The lowest BCUT2D eigenvalue weighted by atomic mass is 9.80. The van der Waals surface area contributed by atoms with E-state index >= 15 is 0 Å². The quantitative estimate of drug-likeness (QED) is 0.863. The van der Waals surface area contributed by atoms with Crippen LogP contribution in [-0.2, 0) is 4.74 Å². The minimum Gasteiger partial charge on any atom is -0.379 e. The normalized spacial score (nSPS) is 27.7. The van der Waals surface area contributed by atoms with Crippen molar-refractivity contribution in [2.24, 2.45) is 11.7 Å². The van der Waals surface area contributed by atoms with E-state index in [-0.39, 0.29) is 5.91 Å². The Bertz CT molecular complexity index is 670. The largest absolute Gasteiger partial charge is 0.379 e. The molecule has 1 saturated carbocycles. The van der Waals surface area contributed by atoms with E-state index in [9.17, 15) is 4.79 Å². The molecule has 2 aliphatic heterocycles. The molecule has 3 aliphatic rings. The first-order chi connectivity index (χ1) is 13.6. The van der Waals surface area contributed by atoms with Crippen molar-refractivity contribution < 1.29 is 9.53 Å². The van der Waals surface area contributed by atoms with Gasteiger partial charge >= 0.3 is 0 Å². The molecule has 2 heterocycles. The zero-order chi connectivity index (χ0) is 19.5. The Labute approximate surface area is 169 Å². The van der Waals surface area contributed by atoms with Crippen molar-refractivity contribution in [2.45, 2.75) is 57.4 Å². The van der Waals surface area contributed by atoms with Gasteiger partial charge in [0.2, 0.25) is 0 Å². The highest BCUT2D eigenvalue weighted by Crippen LogP contribution is 2.37. The number of carbonyl (C=O) groups excluding carboxylic acids is 1. The summed E-state index contributed by atoms with van der Waals surface area (Å²) in [7, 11) is 0. The van der Waals surface area contributed by atoms with Crippen LogP contribution in [-0.4, -0.2) is 56.2 Å². The number of rotatable bonds is 4. The lowest BCUT2D eigenvalue weighted by molar-refractivity contribution is 0.00729. The number of hydrogen-bond donors (Lipinski definition) is 1. The number of primary amides is 1. The van der Waals surface area contributed by atoms with Gasteiger partial charge in [-0.15, -0.1) is 0 Å². The van der Waals surface area contributed by atoms with E-state index in [1.807, 2.05) is 6.07 Å². The van der Waals surface area contributed by atoms with Gasteiger partial charge in [0.05, 0.1) is 18.8 Å². The summed E-state index contributed by atoms with van der Waals surface area (Å²) in [6.45, 7) is 8.29. The summed E-state index contributed by atoms with van der Waals surface area (Å²) < 4.78 is 5.50. The van der Waals surface area contributed by atoms with Crippen LogP contribution >= 0.6 is 0 Å². The van der Waals surface area contributed by atoms with Crippen LogP contribution in [0.4, 0.5) is 5.69 Å². The molecular weight excluding hydrogens is 350 g/mol. The number of amides is 1. The third-order valence-electron chi connectivity index (χ3n) is 7.14. The maximum Gasteiger partial charge on any atom is 0.250 e. The third-order valence-corrected chi connectivity index (χ3v) is 7.14. The predicted octanol–water partition coefficient (Wildman–Crippen LogP) is 3.38. The molecule has 0 bridgehead atoms. The molecule has 28 heavy (non-hydrogen) atoms. The average Bonchev–Trinajstić information content (AvgIpc) is 2.74. The number of piperidine rings is 1. The summed E-state index contributed by atoms with van der Waals surface area (Å²) >= 11 is 0. The van der Waals surface area contributed by atoms with Crippen molar-refractivity contribution in [1.29, 1.82) is 0 Å². The molecule has 0 unspecified atom stereocenters. The molecule has 0 atom stereocenters. The number of hydrogen-bond acceptors (Lipinski definition) is 4. The number of ether oxygens (including phenoxy) is 1. The SMILES string of the molecule is CC1CCN(c2cc(C3CCC(N4CCOCC4)CC3)ccc2C(N)=O)CC1. The van der Waals surface area contributed by atoms with Gasteiger partial charge in [-0.2, -0.15) is 0 Å². The molecule has 2 N–H and O–H groups in total. The fourth-order valence-electron chi connectivity index (χ4n) is 5.24. The van der Waals surface area contributed by atoms with E-state index in [1.54, 1.807) is 0 Å². The summed E-state index contributed by atoms with van der Waals surface area (Å²) in [6.07, 6.45) is 7.36. The van der Waals surface area contributed by atoms with Gasteiger partial charge in [0.1, 0.15) is 0 Å². The van der Waals surface area contributed by atoms with Crippen LogP contribution in [0.1, 0.15) is 67.3 Å². The van der Waals surface area contributed by atoms with Gasteiger partial charge in [-0.05, 0) is 68.1 Å². The lowest BCUT2D eigenvalue weighted by Gasteiger charge is -2.39. The topological polar surface area (TPSA) is 58.8 Å². The minimum absolute atomic E-state index is 0.309. The predicted molar refractivity (Wildman–Crippen MR) is 113 cm³/mol. The smallest absolute Gasteiger partial charge is 0.250 e. The Morgan fingerprint density at radius 1 is 1.00 bits per heavy atom. The van der Waals surface area contributed by atoms with E-state index in [0.717, 1.165) is 51.0 Å². The van der Waals surface area contributed by atoms with Crippen molar-refractivity contribution in [1.82, 2.24) is 4.90 Å². The molecule has 154 valence electrons. The van der Waals surface area contributed by atoms with Gasteiger partial charge in [-0.3, -0.25) is 9.69 Å². The van der Waals surface area contributed by atoms with Crippen molar-refractivity contribution in [2.75, 3.05) is 44.3 Å². The highest BCUT2D eigenvalue weighted by atomic mass is 16.5. The van der Waals surface area contributed by atoms with E-state index in [4.69, 9.17) is 10.5 Å². The van der Waals surface area contributed by atoms with Gasteiger partial charge in [0, 0.05) is 37.9 Å². The first kappa shape index (κ1) is 19.7. The highest BCUT2D eigenvalue weighted by Gasteiger charge is 2.29. The first-order valence-electron chi connectivity index (χ1n) is 11.1. The third kappa shape index (κ3) is 4.36. The fraction of sp³-hybridized carbons (Fsp3) is 0.696. The molecule has 2 saturated heterocycles. The monoisotopic (exact) mass is 385 g/mol. The molecule has 3 fully saturated rings. The molecule has 1 aromatic carbocycles. The molecule has 5 heteroatoms. The first-order valence-corrected chi connectivity index (χ1v) is 11.1. The zero-order valence-electron chi connectivity index (χ0n) is 17.2.